The lowest BCUT2D eigenvalue weighted by molar-refractivity contribution is -0.121. The molecule has 1 fully saturated rings. The number of nitrogens with one attached hydrogen (secondary N) is 1. The summed E-state index contributed by atoms with van der Waals surface area (Å²) in [6.45, 7) is 5.50. The van der Waals surface area contributed by atoms with E-state index in [0.717, 1.165) is 43.3 Å². The lowest BCUT2D eigenvalue weighted by Crippen LogP contribution is -2.36. The lowest BCUT2D eigenvalue weighted by atomic mass is 9.93. The Morgan fingerprint density at radius 1 is 1.38 bits per heavy atom. The molecule has 5 heteroatoms. The molecule has 0 unspecified atom stereocenters. The highest BCUT2D eigenvalue weighted by Crippen LogP contribution is 2.21. The summed E-state index contributed by atoms with van der Waals surface area (Å²) < 4.78 is 10.8. The van der Waals surface area contributed by atoms with Gasteiger partial charge in [-0.25, -0.2) is 0 Å². The Bertz CT molecular complexity index is 703. The Labute approximate surface area is 155 Å². The topological polar surface area (TPSA) is 58.6 Å². The van der Waals surface area contributed by atoms with Crippen LogP contribution in [0, 0.1) is 12.8 Å². The maximum absolute atomic E-state index is 12.1. The Morgan fingerprint density at radius 2 is 2.31 bits per heavy atom. The fraction of sp³-hybridized carbons (Fsp3) is 0.476. The van der Waals surface area contributed by atoms with Crippen LogP contribution in [-0.2, 0) is 11.3 Å². The number of carbonyl (C=O) groups excluding carboxylic acids is 1. The van der Waals surface area contributed by atoms with Crippen molar-refractivity contribution in [3.8, 4) is 0 Å². The molecule has 1 aliphatic rings. The minimum Gasteiger partial charge on any atom is -0.465 e. The van der Waals surface area contributed by atoms with Crippen LogP contribution in [0.1, 0.15) is 43.0 Å². The highest BCUT2D eigenvalue weighted by Gasteiger charge is 2.19. The fourth-order valence-corrected chi connectivity index (χ4v) is 3.45. The number of nitrogens with zero attached hydrogens (tertiary/aromatic N) is 1. The molecule has 26 heavy (non-hydrogen) atoms. The van der Waals surface area contributed by atoms with Crippen molar-refractivity contribution in [2.24, 2.45) is 5.92 Å². The molecule has 0 aromatic carbocycles. The predicted molar refractivity (Wildman–Crippen MR) is 101 cm³/mol. The summed E-state index contributed by atoms with van der Waals surface area (Å²) in [4.78, 5) is 14.5. The van der Waals surface area contributed by atoms with E-state index in [1.165, 1.54) is 12.8 Å². The van der Waals surface area contributed by atoms with Crippen molar-refractivity contribution in [1.82, 2.24) is 10.2 Å². The molecule has 1 N–H and O–H groups in total. The third kappa shape index (κ3) is 5.92. The van der Waals surface area contributed by atoms with Crippen LogP contribution in [0.2, 0.25) is 0 Å². The molecule has 1 atom stereocenters. The first kappa shape index (κ1) is 18.5. The molecular formula is C21H28N2O3. The van der Waals surface area contributed by atoms with Crippen molar-refractivity contribution in [3.05, 3.63) is 53.9 Å². The zero-order valence-electron chi connectivity index (χ0n) is 15.4. The number of hydrogen-bond donors (Lipinski definition) is 1. The van der Waals surface area contributed by atoms with Crippen LogP contribution in [0.4, 0.5) is 0 Å². The van der Waals surface area contributed by atoms with Gasteiger partial charge >= 0.3 is 0 Å². The maximum Gasteiger partial charge on any atom is 0.220 e. The number of piperidine rings is 1. The van der Waals surface area contributed by atoms with Crippen LogP contribution in [0.15, 0.2) is 45.4 Å². The van der Waals surface area contributed by atoms with E-state index in [9.17, 15) is 4.79 Å². The molecule has 0 bridgehead atoms. The summed E-state index contributed by atoms with van der Waals surface area (Å²) in [5.74, 6) is 3.27. The van der Waals surface area contributed by atoms with E-state index in [1.54, 1.807) is 6.26 Å². The van der Waals surface area contributed by atoms with E-state index in [2.05, 4.69) is 16.3 Å². The number of likely N-dealkylation sites (tertiary alicyclic amines) is 1. The second-order valence-electron chi connectivity index (χ2n) is 7.01. The zero-order chi connectivity index (χ0) is 18.2. The van der Waals surface area contributed by atoms with Crippen LogP contribution in [0.3, 0.4) is 0 Å². The molecule has 3 heterocycles. The largest absolute Gasteiger partial charge is 0.465 e. The molecule has 0 radical (unpaired) electrons. The summed E-state index contributed by atoms with van der Waals surface area (Å²) in [6, 6.07) is 7.68. The van der Waals surface area contributed by atoms with E-state index in [-0.39, 0.29) is 5.91 Å². The van der Waals surface area contributed by atoms with E-state index in [0.29, 0.717) is 18.9 Å². The van der Waals surface area contributed by atoms with Gasteiger partial charge in [-0.05, 0) is 69.0 Å². The average molecular weight is 356 g/mol. The second-order valence-corrected chi connectivity index (χ2v) is 7.01. The normalized spacial score (nSPS) is 18.4. The average Bonchev–Trinajstić information content (AvgIpc) is 3.30. The van der Waals surface area contributed by atoms with Gasteiger partial charge in [0.2, 0.25) is 5.91 Å². The Hall–Kier alpha value is -2.27. The Morgan fingerprint density at radius 3 is 3.08 bits per heavy atom. The quantitative estimate of drug-likeness (QED) is 0.777. The van der Waals surface area contributed by atoms with Crippen LogP contribution in [0.5, 0.6) is 0 Å². The molecule has 2 aromatic rings. The minimum atomic E-state index is 0.105. The molecule has 0 aliphatic carbocycles. The Balaban J connectivity index is 1.34. The SMILES string of the molecule is Cc1ccc(CNC(=O)CC[C@H]2CCCN(C/C=C/c3ccco3)C2)o1. The third-order valence-corrected chi connectivity index (χ3v) is 4.83. The number of furan rings is 2. The van der Waals surface area contributed by atoms with Gasteiger partial charge < -0.3 is 14.2 Å². The van der Waals surface area contributed by atoms with Gasteiger partial charge in [0.15, 0.2) is 0 Å². The van der Waals surface area contributed by atoms with Crippen LogP contribution < -0.4 is 5.32 Å². The van der Waals surface area contributed by atoms with E-state index < -0.39 is 0 Å². The fourth-order valence-electron chi connectivity index (χ4n) is 3.45. The number of amides is 1. The van der Waals surface area contributed by atoms with E-state index >= 15 is 0 Å². The van der Waals surface area contributed by atoms with Crippen molar-refractivity contribution in [1.29, 1.82) is 0 Å². The molecule has 2 aromatic heterocycles. The van der Waals surface area contributed by atoms with Crippen molar-refractivity contribution in [2.75, 3.05) is 19.6 Å². The first-order chi connectivity index (χ1) is 12.7. The monoisotopic (exact) mass is 356 g/mol. The van der Waals surface area contributed by atoms with E-state index in [4.69, 9.17) is 8.83 Å². The molecule has 1 amide bonds. The molecule has 1 aliphatic heterocycles. The van der Waals surface area contributed by atoms with E-state index in [1.807, 2.05) is 37.3 Å². The van der Waals surface area contributed by atoms with Crippen molar-refractivity contribution in [2.45, 2.75) is 39.2 Å². The maximum atomic E-state index is 12.1. The van der Waals surface area contributed by atoms with Gasteiger partial charge in [-0.15, -0.1) is 0 Å². The summed E-state index contributed by atoms with van der Waals surface area (Å²) in [6.07, 6.45) is 9.80. The number of carbonyl (C=O) groups is 1. The molecule has 1 saturated heterocycles. The summed E-state index contributed by atoms with van der Waals surface area (Å²) in [7, 11) is 0. The number of aryl methyl sites for hydroxylation is 1. The standard InChI is InChI=1S/C21H28N2O3/c1-17-8-10-20(26-17)15-22-21(24)11-9-18-5-2-12-23(16-18)13-3-6-19-7-4-14-25-19/h3-4,6-8,10,14,18H,2,5,9,11-13,15-16H2,1H3,(H,22,24)/b6-3+/t18-/m1/s1. The van der Waals surface area contributed by atoms with Crippen molar-refractivity contribution >= 4 is 12.0 Å². The van der Waals surface area contributed by atoms with Crippen LogP contribution in [0.25, 0.3) is 6.08 Å². The van der Waals surface area contributed by atoms with Gasteiger partial charge in [-0.2, -0.15) is 0 Å². The zero-order valence-corrected chi connectivity index (χ0v) is 15.4. The van der Waals surface area contributed by atoms with Crippen LogP contribution >= 0.6 is 0 Å². The summed E-state index contributed by atoms with van der Waals surface area (Å²) >= 11 is 0. The number of hydrogen-bond acceptors (Lipinski definition) is 4. The van der Waals surface area contributed by atoms with Gasteiger partial charge in [0.1, 0.15) is 17.3 Å². The van der Waals surface area contributed by atoms with Crippen molar-refractivity contribution < 1.29 is 13.6 Å². The van der Waals surface area contributed by atoms with Crippen LogP contribution in [-0.4, -0.2) is 30.4 Å². The van der Waals surface area contributed by atoms with Gasteiger partial charge in [0, 0.05) is 19.5 Å². The molecule has 0 spiro atoms. The molecule has 3 rings (SSSR count). The van der Waals surface area contributed by atoms with Gasteiger partial charge in [0.05, 0.1) is 12.8 Å². The Kier molecular flexibility index (Phi) is 6.72. The molecule has 140 valence electrons. The first-order valence-electron chi connectivity index (χ1n) is 9.43. The van der Waals surface area contributed by atoms with Gasteiger partial charge in [0.25, 0.3) is 0 Å². The summed E-state index contributed by atoms with van der Waals surface area (Å²) in [5, 5.41) is 2.95. The highest BCUT2D eigenvalue weighted by molar-refractivity contribution is 5.75. The minimum absolute atomic E-state index is 0.105. The third-order valence-electron chi connectivity index (χ3n) is 4.83. The second kappa shape index (κ2) is 9.43. The first-order valence-corrected chi connectivity index (χ1v) is 9.43. The lowest BCUT2D eigenvalue weighted by Gasteiger charge is -2.31. The molecule has 0 saturated carbocycles. The van der Waals surface area contributed by atoms with Gasteiger partial charge in [-0.1, -0.05) is 6.08 Å². The molecular weight excluding hydrogens is 328 g/mol. The smallest absolute Gasteiger partial charge is 0.220 e. The molecule has 5 nitrogen and oxygen atoms in total. The van der Waals surface area contributed by atoms with Crippen molar-refractivity contribution in [3.63, 3.8) is 0 Å². The number of rotatable bonds is 8. The van der Waals surface area contributed by atoms with Gasteiger partial charge in [-0.3, -0.25) is 9.69 Å². The summed E-state index contributed by atoms with van der Waals surface area (Å²) in [5.41, 5.74) is 0. The highest BCUT2D eigenvalue weighted by atomic mass is 16.3. The predicted octanol–water partition coefficient (Wildman–Crippen LogP) is 4.00.